The van der Waals surface area contributed by atoms with Crippen molar-refractivity contribution in [2.45, 2.75) is 43.4 Å². The van der Waals surface area contributed by atoms with Crippen molar-refractivity contribution in [1.29, 1.82) is 0 Å². The maximum Gasteiger partial charge on any atom is 0.328 e. The molecule has 4 amide bonds. The van der Waals surface area contributed by atoms with Gasteiger partial charge >= 0.3 is 5.97 Å². The van der Waals surface area contributed by atoms with Gasteiger partial charge in [0.1, 0.15) is 18.1 Å². The number of aliphatic carboxylic acids is 1. The first-order valence-corrected chi connectivity index (χ1v) is 10.1. The molecule has 4 atom stereocenters. The van der Waals surface area contributed by atoms with Gasteiger partial charge in [0, 0.05) is 30.5 Å². The summed E-state index contributed by atoms with van der Waals surface area (Å²) in [5.74, 6) is -4.82. The highest BCUT2D eigenvalue weighted by atomic mass is 32.1. The largest absolute Gasteiger partial charge is 0.480 e. The third-order valence-electron chi connectivity index (χ3n) is 4.26. The zero-order chi connectivity index (χ0) is 24.3. The fourth-order valence-electron chi connectivity index (χ4n) is 2.48. The molecular weight excluding hydrogens is 446 g/mol. The minimum atomic E-state index is -1.61. The summed E-state index contributed by atoms with van der Waals surface area (Å²) in [4.78, 5) is 66.0. The lowest BCUT2D eigenvalue weighted by Crippen LogP contribution is -2.58. The fraction of sp³-hybridized carbons (Fsp3) is 0.529. The molecule has 14 nitrogen and oxygen atoms in total. The van der Waals surface area contributed by atoms with E-state index in [9.17, 15) is 24.0 Å². The van der Waals surface area contributed by atoms with Gasteiger partial charge in [-0.05, 0) is 6.42 Å². The average molecular weight is 474 g/mol. The number of thiol groups is 1. The first kappa shape index (κ1) is 26.9. The van der Waals surface area contributed by atoms with Crippen LogP contribution in [-0.4, -0.2) is 86.3 Å². The predicted molar refractivity (Wildman–Crippen MR) is 113 cm³/mol. The van der Waals surface area contributed by atoms with Crippen LogP contribution in [0.1, 0.15) is 18.5 Å². The van der Waals surface area contributed by atoms with E-state index in [2.05, 4.69) is 33.2 Å². The molecule has 0 radical (unpaired) electrons. The lowest BCUT2D eigenvalue weighted by atomic mass is 10.1. The number of aliphatic hydroxyl groups excluding tert-OH is 1. The Morgan fingerprint density at radius 3 is 2.16 bits per heavy atom. The zero-order valence-corrected chi connectivity index (χ0v) is 17.9. The second-order valence-corrected chi connectivity index (χ2v) is 7.14. The van der Waals surface area contributed by atoms with Crippen LogP contribution < -0.4 is 27.4 Å². The summed E-state index contributed by atoms with van der Waals surface area (Å²) in [6, 6.07) is -5.16. The van der Waals surface area contributed by atoms with Crippen molar-refractivity contribution in [2.24, 2.45) is 11.5 Å². The molecule has 4 unspecified atom stereocenters. The highest BCUT2D eigenvalue weighted by Crippen LogP contribution is 2.02. The highest BCUT2D eigenvalue weighted by molar-refractivity contribution is 7.80. The van der Waals surface area contributed by atoms with Crippen molar-refractivity contribution >= 4 is 42.2 Å². The Morgan fingerprint density at radius 1 is 1.06 bits per heavy atom. The van der Waals surface area contributed by atoms with E-state index in [0.717, 1.165) is 0 Å². The summed E-state index contributed by atoms with van der Waals surface area (Å²) >= 11 is 4.03. The number of aliphatic hydroxyl groups is 1. The monoisotopic (exact) mass is 473 g/mol. The molecule has 0 bridgehead atoms. The van der Waals surface area contributed by atoms with E-state index in [1.165, 1.54) is 12.5 Å². The summed E-state index contributed by atoms with van der Waals surface area (Å²) in [6.45, 7) is -0.888. The van der Waals surface area contributed by atoms with Crippen LogP contribution in [0.3, 0.4) is 0 Å². The molecule has 0 saturated heterocycles. The summed E-state index contributed by atoms with van der Waals surface area (Å²) in [5.41, 5.74) is 11.5. The Balaban J connectivity index is 2.80. The van der Waals surface area contributed by atoms with Gasteiger partial charge in [-0.15, -0.1) is 0 Å². The van der Waals surface area contributed by atoms with Gasteiger partial charge in [0.2, 0.25) is 23.6 Å². The van der Waals surface area contributed by atoms with Gasteiger partial charge in [0.05, 0.1) is 19.0 Å². The molecule has 0 spiro atoms. The van der Waals surface area contributed by atoms with Crippen LogP contribution in [0.15, 0.2) is 12.5 Å². The van der Waals surface area contributed by atoms with Crippen molar-refractivity contribution in [3.05, 3.63) is 18.2 Å². The molecule has 0 aliphatic rings. The summed E-state index contributed by atoms with van der Waals surface area (Å²) in [6.07, 6.45) is 2.52. The molecule has 1 rings (SSSR count). The maximum absolute atomic E-state index is 12.6. The molecule has 0 aliphatic carbocycles. The van der Waals surface area contributed by atoms with Crippen molar-refractivity contribution in [1.82, 2.24) is 25.9 Å². The summed E-state index contributed by atoms with van der Waals surface area (Å²) in [5, 5.41) is 24.8. The number of carboxylic acids is 1. The van der Waals surface area contributed by atoms with Crippen LogP contribution in [0.2, 0.25) is 0 Å². The summed E-state index contributed by atoms with van der Waals surface area (Å²) < 4.78 is 0. The number of nitrogens with zero attached hydrogens (tertiary/aromatic N) is 1. The molecule has 178 valence electrons. The van der Waals surface area contributed by atoms with Gasteiger partial charge in [-0.2, -0.15) is 12.6 Å². The first-order valence-electron chi connectivity index (χ1n) is 9.45. The van der Waals surface area contributed by atoms with Crippen LogP contribution in [0.25, 0.3) is 0 Å². The van der Waals surface area contributed by atoms with Crippen molar-refractivity contribution in [3.63, 3.8) is 0 Å². The fourth-order valence-corrected chi connectivity index (χ4v) is 2.74. The van der Waals surface area contributed by atoms with Crippen LogP contribution in [-0.2, 0) is 30.4 Å². The summed E-state index contributed by atoms with van der Waals surface area (Å²) in [7, 11) is 0. The van der Waals surface area contributed by atoms with Crippen molar-refractivity contribution in [2.75, 3.05) is 12.4 Å². The molecule has 1 heterocycles. The molecule has 0 aliphatic heterocycles. The molecule has 1 aromatic rings. The van der Waals surface area contributed by atoms with E-state index in [4.69, 9.17) is 21.7 Å². The number of hydrogen-bond donors (Lipinski definition) is 9. The second-order valence-electron chi connectivity index (χ2n) is 6.78. The molecule has 1 aromatic heterocycles. The Bertz CT molecular complexity index is 805. The van der Waals surface area contributed by atoms with E-state index in [-0.39, 0.29) is 25.0 Å². The van der Waals surface area contributed by atoms with Gasteiger partial charge in [0.15, 0.2) is 0 Å². The van der Waals surface area contributed by atoms with Crippen LogP contribution in [0.4, 0.5) is 0 Å². The van der Waals surface area contributed by atoms with E-state index in [1.807, 2.05) is 5.32 Å². The number of amides is 4. The van der Waals surface area contributed by atoms with Gasteiger partial charge in [-0.25, -0.2) is 9.78 Å². The van der Waals surface area contributed by atoms with E-state index in [1.54, 1.807) is 0 Å². The number of carbonyl (C=O) groups excluding carboxylic acids is 4. The number of H-pyrrole nitrogens is 1. The van der Waals surface area contributed by atoms with Crippen molar-refractivity contribution < 1.29 is 34.2 Å². The van der Waals surface area contributed by atoms with Crippen molar-refractivity contribution in [3.8, 4) is 0 Å². The molecule has 15 heteroatoms. The zero-order valence-electron chi connectivity index (χ0n) is 17.0. The number of aromatic nitrogens is 2. The number of aromatic amines is 1. The maximum atomic E-state index is 12.6. The third kappa shape index (κ3) is 8.91. The number of carbonyl (C=O) groups is 5. The van der Waals surface area contributed by atoms with Gasteiger partial charge in [-0.3, -0.25) is 19.2 Å². The second kappa shape index (κ2) is 13.3. The molecule has 0 saturated carbocycles. The molecule has 0 aromatic carbocycles. The SMILES string of the molecule is NC(=O)CCC(NC(=O)C(CS)NC(=O)C(N)Cc1cnc[nH]1)C(=O)NC(CO)C(=O)O. The quantitative estimate of drug-likeness (QED) is 0.119. The first-order chi connectivity index (χ1) is 15.1. The number of primary amides is 1. The number of hydrogen-bond acceptors (Lipinski definition) is 9. The smallest absolute Gasteiger partial charge is 0.328 e. The Labute approximate surface area is 188 Å². The van der Waals surface area contributed by atoms with Gasteiger partial charge in [-0.1, -0.05) is 0 Å². The van der Waals surface area contributed by atoms with Crippen LogP contribution >= 0.6 is 12.6 Å². The highest BCUT2D eigenvalue weighted by Gasteiger charge is 2.30. The molecule has 32 heavy (non-hydrogen) atoms. The Kier molecular flexibility index (Phi) is 11.2. The number of rotatable bonds is 14. The standard InChI is InChI=1S/C17H27N7O7S/c18-9(3-8-4-20-7-21-8)14(27)24-12(6-32)16(29)22-10(1-2-13(19)26)15(28)23-11(5-25)17(30)31/h4,7,9-12,25,32H,1-3,5-6,18H2,(H2,19,26)(H,20,21)(H,22,29)(H,23,28)(H,24,27)(H,30,31). The average Bonchev–Trinajstić information content (AvgIpc) is 3.25. The minimum absolute atomic E-state index is 0.133. The number of nitrogens with one attached hydrogen (secondary N) is 4. The van der Waals surface area contributed by atoms with Gasteiger partial charge in [0.25, 0.3) is 0 Å². The minimum Gasteiger partial charge on any atom is -0.480 e. The van der Waals surface area contributed by atoms with Crippen LogP contribution in [0, 0.1) is 0 Å². The number of carboxylic acid groups (broad SMARTS) is 1. The van der Waals surface area contributed by atoms with E-state index < -0.39 is 60.4 Å². The molecule has 0 fully saturated rings. The lowest BCUT2D eigenvalue weighted by Gasteiger charge is -2.24. The lowest BCUT2D eigenvalue weighted by molar-refractivity contribution is -0.143. The van der Waals surface area contributed by atoms with E-state index >= 15 is 0 Å². The van der Waals surface area contributed by atoms with Gasteiger partial charge < -0.3 is 42.6 Å². The third-order valence-corrected chi connectivity index (χ3v) is 4.62. The molecule has 10 N–H and O–H groups in total. The van der Waals surface area contributed by atoms with E-state index in [0.29, 0.717) is 5.69 Å². The number of nitrogens with two attached hydrogens (primary N) is 2. The topological polar surface area (TPSA) is 243 Å². The number of imidazole rings is 1. The molecular formula is C17H27N7O7S. The Hall–Kier alpha value is -3.17. The predicted octanol–water partition coefficient (Wildman–Crippen LogP) is -3.99. The Morgan fingerprint density at radius 2 is 1.66 bits per heavy atom. The van der Waals surface area contributed by atoms with Crippen LogP contribution in [0.5, 0.6) is 0 Å². The normalized spacial score (nSPS) is 14.5.